The molecule has 1 unspecified atom stereocenters. The molecule has 0 heterocycles. The molecule has 0 aliphatic rings. The van der Waals surface area contributed by atoms with E-state index in [1.807, 2.05) is 0 Å². The molecule has 1 aromatic carbocycles. The molecule has 5 heteroatoms. The molecule has 0 aliphatic heterocycles. The first-order valence-electron chi connectivity index (χ1n) is 5.67. The molecule has 1 aromatic rings. The highest BCUT2D eigenvalue weighted by molar-refractivity contribution is 6.30. The second kappa shape index (κ2) is 5.67. The number of hydrogen-bond acceptors (Lipinski definition) is 2. The molecule has 18 heavy (non-hydrogen) atoms. The van der Waals surface area contributed by atoms with E-state index >= 15 is 0 Å². The van der Waals surface area contributed by atoms with Crippen LogP contribution < -0.4 is 0 Å². The average Bonchev–Trinajstić information content (AvgIpc) is 2.29. The molecule has 3 nitrogen and oxygen atoms in total. The van der Waals surface area contributed by atoms with E-state index in [0.717, 1.165) is 0 Å². The number of likely N-dealkylation sites (N-methyl/N-ethyl adjacent to an activating group) is 1. The zero-order chi connectivity index (χ0) is 13.9. The predicted molar refractivity (Wildman–Crippen MR) is 69.6 cm³/mol. The minimum Gasteiger partial charge on any atom is -0.481 e. The molecule has 0 aromatic heterocycles. The van der Waals surface area contributed by atoms with Gasteiger partial charge in [0.15, 0.2) is 0 Å². The van der Waals surface area contributed by atoms with Crippen molar-refractivity contribution in [2.45, 2.75) is 18.8 Å². The molecule has 0 bridgehead atoms. The van der Waals surface area contributed by atoms with Crippen molar-refractivity contribution in [3.63, 3.8) is 0 Å². The summed E-state index contributed by atoms with van der Waals surface area (Å²) in [5.41, 5.74) is -0.543. The van der Waals surface area contributed by atoms with E-state index in [2.05, 4.69) is 0 Å². The molecule has 100 valence electrons. The molecule has 1 N–H and O–H groups in total. The summed E-state index contributed by atoms with van der Waals surface area (Å²) in [5.74, 6) is -1.47. The molecule has 0 amide bonds. The van der Waals surface area contributed by atoms with Crippen LogP contribution in [-0.4, -0.2) is 36.6 Å². The standard InChI is InChI=1S/C13H17ClFNO2/c1-4-13(12(17)18,8-16(2)3)9-5-6-11(15)10(14)7-9/h5-7H,4,8H2,1-3H3,(H,17,18). The Labute approximate surface area is 111 Å². The van der Waals surface area contributed by atoms with E-state index in [4.69, 9.17) is 11.6 Å². The van der Waals surface area contributed by atoms with Crippen LogP contribution in [0.4, 0.5) is 4.39 Å². The molecule has 0 spiro atoms. The van der Waals surface area contributed by atoms with Crippen LogP contribution in [0.2, 0.25) is 5.02 Å². The number of hydrogen-bond donors (Lipinski definition) is 1. The smallest absolute Gasteiger partial charge is 0.315 e. The molecule has 0 fully saturated rings. The van der Waals surface area contributed by atoms with Crippen molar-refractivity contribution < 1.29 is 14.3 Å². The van der Waals surface area contributed by atoms with Crippen molar-refractivity contribution in [2.75, 3.05) is 20.6 Å². The third-order valence-corrected chi connectivity index (χ3v) is 3.36. The van der Waals surface area contributed by atoms with Crippen LogP contribution in [0.1, 0.15) is 18.9 Å². The highest BCUT2D eigenvalue weighted by Crippen LogP contribution is 2.31. The summed E-state index contributed by atoms with van der Waals surface area (Å²) in [5, 5.41) is 9.47. The van der Waals surface area contributed by atoms with Gasteiger partial charge in [0, 0.05) is 6.54 Å². The minimum atomic E-state index is -1.07. The van der Waals surface area contributed by atoms with Crippen LogP contribution in [0, 0.1) is 5.82 Å². The first-order chi connectivity index (χ1) is 8.33. The number of benzene rings is 1. The summed E-state index contributed by atoms with van der Waals surface area (Å²) in [4.78, 5) is 13.4. The van der Waals surface area contributed by atoms with Gasteiger partial charge in [-0.05, 0) is 38.2 Å². The van der Waals surface area contributed by atoms with Crippen molar-refractivity contribution in [1.82, 2.24) is 4.90 Å². The van der Waals surface area contributed by atoms with Crippen molar-refractivity contribution in [2.24, 2.45) is 0 Å². The fourth-order valence-corrected chi connectivity index (χ4v) is 2.26. The summed E-state index contributed by atoms with van der Waals surface area (Å²) in [7, 11) is 3.61. The number of halogens is 2. The highest BCUT2D eigenvalue weighted by Gasteiger charge is 2.39. The van der Waals surface area contributed by atoms with E-state index < -0.39 is 17.2 Å². The molecule has 1 atom stereocenters. The number of carboxylic acids is 1. The van der Waals surface area contributed by atoms with Gasteiger partial charge in [0.25, 0.3) is 0 Å². The second-order valence-electron chi connectivity index (χ2n) is 4.61. The summed E-state index contributed by atoms with van der Waals surface area (Å²) in [6.45, 7) is 2.13. The van der Waals surface area contributed by atoms with Gasteiger partial charge in [-0.3, -0.25) is 4.79 Å². The maximum Gasteiger partial charge on any atom is 0.315 e. The Bertz CT molecular complexity index is 451. The quantitative estimate of drug-likeness (QED) is 0.897. The molecule has 0 radical (unpaired) electrons. The Morgan fingerprint density at radius 1 is 1.50 bits per heavy atom. The van der Waals surface area contributed by atoms with Gasteiger partial charge in [0.1, 0.15) is 11.2 Å². The van der Waals surface area contributed by atoms with Gasteiger partial charge in [-0.15, -0.1) is 0 Å². The van der Waals surface area contributed by atoms with Crippen LogP contribution in [0.25, 0.3) is 0 Å². The molecule has 0 aliphatic carbocycles. The lowest BCUT2D eigenvalue weighted by molar-refractivity contribution is -0.144. The summed E-state index contributed by atoms with van der Waals surface area (Å²) >= 11 is 5.74. The Morgan fingerprint density at radius 2 is 2.11 bits per heavy atom. The molecule has 0 saturated heterocycles. The number of carboxylic acid groups (broad SMARTS) is 1. The number of carbonyl (C=O) groups is 1. The second-order valence-corrected chi connectivity index (χ2v) is 5.01. The Kier molecular flexibility index (Phi) is 4.71. The lowest BCUT2D eigenvalue weighted by atomic mass is 9.77. The van der Waals surface area contributed by atoms with Crippen LogP contribution in [-0.2, 0) is 10.2 Å². The largest absolute Gasteiger partial charge is 0.481 e. The maximum absolute atomic E-state index is 13.2. The number of nitrogens with zero attached hydrogens (tertiary/aromatic N) is 1. The first kappa shape index (κ1) is 14.9. The monoisotopic (exact) mass is 273 g/mol. The molecule has 0 saturated carbocycles. The van der Waals surface area contributed by atoms with E-state index in [-0.39, 0.29) is 5.02 Å². The Morgan fingerprint density at radius 3 is 2.50 bits per heavy atom. The van der Waals surface area contributed by atoms with Crippen molar-refractivity contribution >= 4 is 17.6 Å². The van der Waals surface area contributed by atoms with Crippen molar-refractivity contribution in [3.8, 4) is 0 Å². The molecule has 1 rings (SSSR count). The van der Waals surface area contributed by atoms with Gasteiger partial charge in [-0.2, -0.15) is 0 Å². The number of rotatable bonds is 5. The van der Waals surface area contributed by atoms with Crippen LogP contribution in [0.5, 0.6) is 0 Å². The van der Waals surface area contributed by atoms with Gasteiger partial charge in [0.2, 0.25) is 0 Å². The SMILES string of the molecule is CCC(CN(C)C)(C(=O)O)c1ccc(F)c(Cl)c1. The summed E-state index contributed by atoms with van der Waals surface area (Å²) in [6, 6.07) is 4.10. The Hall–Kier alpha value is -1.13. The Balaban J connectivity index is 3.32. The van der Waals surface area contributed by atoms with E-state index in [1.165, 1.54) is 18.2 Å². The minimum absolute atomic E-state index is 0.0506. The predicted octanol–water partition coefficient (Wildman–Crippen LogP) is 2.77. The fourth-order valence-electron chi connectivity index (χ4n) is 2.08. The molecular weight excluding hydrogens is 257 g/mol. The average molecular weight is 274 g/mol. The highest BCUT2D eigenvalue weighted by atomic mass is 35.5. The van der Waals surface area contributed by atoms with Crippen LogP contribution >= 0.6 is 11.6 Å². The van der Waals surface area contributed by atoms with Gasteiger partial charge < -0.3 is 10.0 Å². The topological polar surface area (TPSA) is 40.5 Å². The van der Waals surface area contributed by atoms with Gasteiger partial charge >= 0.3 is 5.97 Å². The zero-order valence-electron chi connectivity index (χ0n) is 10.7. The van der Waals surface area contributed by atoms with E-state index in [0.29, 0.717) is 18.5 Å². The number of aliphatic carboxylic acids is 1. The van der Waals surface area contributed by atoms with Gasteiger partial charge in [-0.25, -0.2) is 4.39 Å². The van der Waals surface area contributed by atoms with Gasteiger partial charge in [0.05, 0.1) is 5.02 Å². The fraction of sp³-hybridized carbons (Fsp3) is 0.462. The van der Waals surface area contributed by atoms with Crippen molar-refractivity contribution in [1.29, 1.82) is 0 Å². The molecular formula is C13H17ClFNO2. The summed E-state index contributed by atoms with van der Waals surface area (Å²) in [6.07, 6.45) is 0.405. The van der Waals surface area contributed by atoms with Crippen molar-refractivity contribution in [3.05, 3.63) is 34.6 Å². The van der Waals surface area contributed by atoms with E-state index in [1.54, 1.807) is 25.9 Å². The maximum atomic E-state index is 13.2. The normalized spacial score (nSPS) is 14.6. The summed E-state index contributed by atoms with van der Waals surface area (Å²) < 4.78 is 13.2. The van der Waals surface area contributed by atoms with E-state index in [9.17, 15) is 14.3 Å². The third-order valence-electron chi connectivity index (χ3n) is 3.07. The van der Waals surface area contributed by atoms with Crippen LogP contribution in [0.3, 0.4) is 0 Å². The lowest BCUT2D eigenvalue weighted by Crippen LogP contribution is -2.44. The third kappa shape index (κ3) is 2.82. The van der Waals surface area contributed by atoms with Crippen LogP contribution in [0.15, 0.2) is 18.2 Å². The van der Waals surface area contributed by atoms with Gasteiger partial charge in [-0.1, -0.05) is 24.6 Å². The first-order valence-corrected chi connectivity index (χ1v) is 6.05. The zero-order valence-corrected chi connectivity index (χ0v) is 11.5. The lowest BCUT2D eigenvalue weighted by Gasteiger charge is -2.31.